The van der Waals surface area contributed by atoms with E-state index in [1.165, 1.54) is 26.4 Å². The number of alkyl carbamates (subject to hydrolysis) is 1. The normalized spacial score (nSPS) is 20.9. The predicted octanol–water partition coefficient (Wildman–Crippen LogP) is 2.88. The standard InChI is InChI=1S/C12H12BrF2NO4/c1-18-7-3-6(4-8(19-2)9(7)13)10-12(14,15)5-20-11(17)16-10/h3-4,10H,5H2,1-2H3,(H,16,17)/t10-/m1/s1. The lowest BCUT2D eigenvalue weighted by Crippen LogP contribution is -2.49. The van der Waals surface area contributed by atoms with Gasteiger partial charge in [-0.05, 0) is 33.6 Å². The summed E-state index contributed by atoms with van der Waals surface area (Å²) in [6.07, 6.45) is -0.887. The Labute approximate surface area is 122 Å². The van der Waals surface area contributed by atoms with Gasteiger partial charge >= 0.3 is 12.0 Å². The van der Waals surface area contributed by atoms with E-state index < -0.39 is 24.7 Å². The van der Waals surface area contributed by atoms with Crippen molar-refractivity contribution in [1.82, 2.24) is 5.32 Å². The molecule has 1 atom stereocenters. The first-order valence-corrected chi connectivity index (χ1v) is 6.41. The molecule has 110 valence electrons. The Morgan fingerprint density at radius 1 is 1.35 bits per heavy atom. The molecule has 0 saturated carbocycles. The smallest absolute Gasteiger partial charge is 0.408 e. The first kappa shape index (κ1) is 14.8. The molecule has 0 unspecified atom stereocenters. The van der Waals surface area contributed by atoms with Crippen molar-refractivity contribution in [3.8, 4) is 11.5 Å². The van der Waals surface area contributed by atoms with Gasteiger partial charge in [-0.25, -0.2) is 13.6 Å². The van der Waals surface area contributed by atoms with E-state index >= 15 is 0 Å². The van der Waals surface area contributed by atoms with E-state index in [1.807, 2.05) is 0 Å². The van der Waals surface area contributed by atoms with Crippen LogP contribution in [0.1, 0.15) is 11.6 Å². The summed E-state index contributed by atoms with van der Waals surface area (Å²) in [6, 6.07) is 1.33. The molecular formula is C12H12BrF2NO4. The molecule has 1 aliphatic rings. The zero-order valence-electron chi connectivity index (χ0n) is 10.7. The van der Waals surface area contributed by atoms with Crippen LogP contribution < -0.4 is 14.8 Å². The summed E-state index contributed by atoms with van der Waals surface area (Å²) in [6.45, 7) is -0.968. The molecule has 5 nitrogen and oxygen atoms in total. The van der Waals surface area contributed by atoms with Crippen LogP contribution in [0.3, 0.4) is 0 Å². The highest BCUT2D eigenvalue weighted by Gasteiger charge is 2.47. The maximum absolute atomic E-state index is 13.9. The largest absolute Gasteiger partial charge is 0.495 e. The average Bonchev–Trinajstić information content (AvgIpc) is 2.42. The van der Waals surface area contributed by atoms with Gasteiger partial charge in [-0.3, -0.25) is 0 Å². The van der Waals surface area contributed by atoms with Crippen LogP contribution in [0.5, 0.6) is 11.5 Å². The minimum absolute atomic E-state index is 0.170. The molecule has 1 heterocycles. The molecular weight excluding hydrogens is 340 g/mol. The SMILES string of the molecule is COc1cc([C@H]2NC(=O)OCC2(F)F)cc(OC)c1Br. The van der Waals surface area contributed by atoms with E-state index in [0.717, 1.165) is 0 Å². The third-order valence-electron chi connectivity index (χ3n) is 2.88. The summed E-state index contributed by atoms with van der Waals surface area (Å²) in [5, 5.41) is 2.11. The number of amides is 1. The molecule has 2 rings (SSSR count). The molecule has 20 heavy (non-hydrogen) atoms. The second-order valence-corrected chi connectivity index (χ2v) is 4.95. The van der Waals surface area contributed by atoms with Crippen molar-refractivity contribution in [2.75, 3.05) is 20.8 Å². The second kappa shape index (κ2) is 5.43. The number of rotatable bonds is 3. The van der Waals surface area contributed by atoms with Gasteiger partial charge in [0, 0.05) is 0 Å². The summed E-state index contributed by atoms with van der Waals surface area (Å²) in [5.74, 6) is -2.57. The van der Waals surface area contributed by atoms with Gasteiger partial charge in [-0.2, -0.15) is 0 Å². The lowest BCUT2D eigenvalue weighted by molar-refractivity contribution is -0.104. The van der Waals surface area contributed by atoms with Crippen LogP contribution in [0.4, 0.5) is 13.6 Å². The summed E-state index contributed by atoms with van der Waals surface area (Å²) >= 11 is 3.25. The molecule has 1 fully saturated rings. The van der Waals surface area contributed by atoms with Crippen molar-refractivity contribution in [1.29, 1.82) is 0 Å². The number of carbonyl (C=O) groups is 1. The van der Waals surface area contributed by atoms with Crippen LogP contribution >= 0.6 is 15.9 Å². The number of hydrogen-bond acceptors (Lipinski definition) is 4. The molecule has 0 bridgehead atoms. The highest BCUT2D eigenvalue weighted by Crippen LogP contribution is 2.41. The van der Waals surface area contributed by atoms with E-state index in [-0.39, 0.29) is 5.56 Å². The Morgan fingerprint density at radius 3 is 2.40 bits per heavy atom. The van der Waals surface area contributed by atoms with Gasteiger partial charge in [0.2, 0.25) is 0 Å². The van der Waals surface area contributed by atoms with Crippen LogP contribution in [0.25, 0.3) is 0 Å². The minimum atomic E-state index is -3.22. The zero-order chi connectivity index (χ0) is 14.9. The number of benzene rings is 1. The van der Waals surface area contributed by atoms with Gasteiger partial charge in [-0.1, -0.05) is 0 Å². The zero-order valence-corrected chi connectivity index (χ0v) is 12.3. The summed E-state index contributed by atoms with van der Waals surface area (Å²) in [5.41, 5.74) is 0.170. The fraction of sp³-hybridized carbons (Fsp3) is 0.417. The molecule has 1 amide bonds. The van der Waals surface area contributed by atoms with Gasteiger partial charge in [0.05, 0.1) is 14.2 Å². The Hall–Kier alpha value is -1.57. The van der Waals surface area contributed by atoms with Crippen molar-refractivity contribution in [3.05, 3.63) is 22.2 Å². The van der Waals surface area contributed by atoms with E-state index in [2.05, 4.69) is 26.0 Å². The van der Waals surface area contributed by atoms with Crippen molar-refractivity contribution in [2.45, 2.75) is 12.0 Å². The molecule has 8 heteroatoms. The van der Waals surface area contributed by atoms with Gasteiger partial charge in [0.15, 0.2) is 6.61 Å². The van der Waals surface area contributed by atoms with Gasteiger partial charge < -0.3 is 19.5 Å². The summed E-state index contributed by atoms with van der Waals surface area (Å²) in [7, 11) is 2.81. The average molecular weight is 352 g/mol. The van der Waals surface area contributed by atoms with Crippen molar-refractivity contribution in [3.63, 3.8) is 0 Å². The number of alkyl halides is 2. The quantitative estimate of drug-likeness (QED) is 0.909. The number of carbonyl (C=O) groups excluding carboxylic acids is 1. The van der Waals surface area contributed by atoms with E-state index in [4.69, 9.17) is 9.47 Å². The maximum Gasteiger partial charge on any atom is 0.408 e. The van der Waals surface area contributed by atoms with Crippen LogP contribution in [0.2, 0.25) is 0 Å². The third-order valence-corrected chi connectivity index (χ3v) is 3.66. The van der Waals surface area contributed by atoms with Gasteiger partial charge in [-0.15, -0.1) is 0 Å². The monoisotopic (exact) mass is 351 g/mol. The second-order valence-electron chi connectivity index (χ2n) is 4.15. The molecule has 1 saturated heterocycles. The molecule has 1 aliphatic heterocycles. The van der Waals surface area contributed by atoms with E-state index in [1.54, 1.807) is 0 Å². The molecule has 0 aromatic heterocycles. The van der Waals surface area contributed by atoms with Crippen LogP contribution in [-0.4, -0.2) is 32.8 Å². The van der Waals surface area contributed by atoms with E-state index in [0.29, 0.717) is 16.0 Å². The molecule has 1 aromatic rings. The molecule has 0 spiro atoms. The number of methoxy groups -OCH3 is 2. The third kappa shape index (κ3) is 2.65. The van der Waals surface area contributed by atoms with Crippen LogP contribution in [0, 0.1) is 0 Å². The fourth-order valence-electron chi connectivity index (χ4n) is 1.89. The topological polar surface area (TPSA) is 56.8 Å². The minimum Gasteiger partial charge on any atom is -0.495 e. The number of nitrogens with one attached hydrogen (secondary N) is 1. The van der Waals surface area contributed by atoms with Gasteiger partial charge in [0.25, 0.3) is 0 Å². The van der Waals surface area contributed by atoms with Crippen molar-refractivity contribution in [2.24, 2.45) is 0 Å². The Kier molecular flexibility index (Phi) is 4.03. The highest BCUT2D eigenvalue weighted by atomic mass is 79.9. The number of hydrogen-bond donors (Lipinski definition) is 1. The lowest BCUT2D eigenvalue weighted by atomic mass is 9.99. The Balaban J connectivity index is 2.47. The number of ether oxygens (including phenoxy) is 3. The number of halogens is 3. The van der Waals surface area contributed by atoms with Gasteiger partial charge in [0.1, 0.15) is 22.0 Å². The summed E-state index contributed by atoms with van der Waals surface area (Å²) < 4.78 is 42.7. The lowest BCUT2D eigenvalue weighted by Gasteiger charge is -2.32. The molecule has 0 aliphatic carbocycles. The van der Waals surface area contributed by atoms with Crippen molar-refractivity contribution < 1.29 is 27.8 Å². The number of cyclic esters (lactones) is 1. The predicted molar refractivity (Wildman–Crippen MR) is 69.4 cm³/mol. The maximum atomic E-state index is 13.9. The highest BCUT2D eigenvalue weighted by molar-refractivity contribution is 9.10. The van der Waals surface area contributed by atoms with Crippen LogP contribution in [0.15, 0.2) is 16.6 Å². The summed E-state index contributed by atoms with van der Waals surface area (Å²) in [4.78, 5) is 11.2. The Bertz CT molecular complexity index is 513. The van der Waals surface area contributed by atoms with E-state index in [9.17, 15) is 13.6 Å². The Morgan fingerprint density at radius 2 is 1.90 bits per heavy atom. The molecule has 1 N–H and O–H groups in total. The molecule has 1 aromatic carbocycles. The fourth-order valence-corrected chi connectivity index (χ4v) is 2.45. The van der Waals surface area contributed by atoms with Crippen molar-refractivity contribution >= 4 is 22.0 Å². The first-order chi connectivity index (χ1) is 9.39. The molecule has 0 radical (unpaired) electrons. The van der Waals surface area contributed by atoms with Crippen LogP contribution in [-0.2, 0) is 4.74 Å². The first-order valence-electron chi connectivity index (χ1n) is 5.61.